The van der Waals surface area contributed by atoms with Crippen molar-refractivity contribution >= 4 is 12.1 Å². The van der Waals surface area contributed by atoms with Crippen LogP contribution >= 0.6 is 0 Å². The van der Waals surface area contributed by atoms with E-state index in [9.17, 15) is 9.59 Å². The minimum atomic E-state index is -0.656. The van der Waals surface area contributed by atoms with Crippen molar-refractivity contribution in [1.82, 2.24) is 4.90 Å². The summed E-state index contributed by atoms with van der Waals surface area (Å²) < 4.78 is 15.2. The second kappa shape index (κ2) is 5.82. The smallest absolute Gasteiger partial charge is 0.412 e. The van der Waals surface area contributed by atoms with E-state index in [1.807, 2.05) is 6.07 Å². The normalized spacial score (nSPS) is 27.8. The molecule has 0 N–H and O–H groups in total. The second-order valence-corrected chi connectivity index (χ2v) is 4.54. The summed E-state index contributed by atoms with van der Waals surface area (Å²) in [4.78, 5) is 25.0. The molecule has 7 heteroatoms. The van der Waals surface area contributed by atoms with Crippen LogP contribution in [0.4, 0.5) is 4.79 Å². The summed E-state index contributed by atoms with van der Waals surface area (Å²) in [6, 6.07) is 1.87. The number of hydrogen-bond acceptors (Lipinski definition) is 6. The Morgan fingerprint density at radius 1 is 1.60 bits per heavy atom. The number of amides is 1. The molecule has 1 saturated heterocycles. The highest BCUT2D eigenvalue weighted by Gasteiger charge is 2.48. The molecule has 2 aliphatic heterocycles. The Morgan fingerprint density at radius 2 is 2.35 bits per heavy atom. The quantitative estimate of drug-likeness (QED) is 0.701. The SMILES string of the molecule is CCOC(=O)[C@H]1C=C(C#N)O[C@@H]2[C@@H]1CCN2C(=O)OC. The van der Waals surface area contributed by atoms with Crippen LogP contribution in [-0.2, 0) is 19.0 Å². The first-order valence-electron chi connectivity index (χ1n) is 6.42. The Bertz CT molecular complexity index is 482. The number of esters is 1. The Hall–Kier alpha value is -2.23. The van der Waals surface area contributed by atoms with Gasteiger partial charge < -0.3 is 14.2 Å². The van der Waals surface area contributed by atoms with Crippen LogP contribution in [0, 0.1) is 23.2 Å². The molecular weight excluding hydrogens is 264 g/mol. The number of hydrogen-bond donors (Lipinski definition) is 0. The molecule has 20 heavy (non-hydrogen) atoms. The molecule has 2 aliphatic rings. The Kier molecular flexibility index (Phi) is 4.13. The third-order valence-corrected chi connectivity index (χ3v) is 3.49. The standard InChI is InChI=1S/C13H16N2O5/c1-3-19-12(16)10-6-8(7-14)20-11-9(10)4-5-15(11)13(17)18-2/h6,9-11H,3-5H2,1-2H3/t9-,10+,11-/m1/s1. The maximum Gasteiger partial charge on any atom is 0.412 e. The number of allylic oxidation sites excluding steroid dienone is 1. The fourth-order valence-electron chi connectivity index (χ4n) is 2.61. The number of nitrogens with zero attached hydrogens (tertiary/aromatic N) is 2. The van der Waals surface area contributed by atoms with Crippen molar-refractivity contribution in [2.75, 3.05) is 20.3 Å². The zero-order valence-corrected chi connectivity index (χ0v) is 11.4. The van der Waals surface area contributed by atoms with Crippen molar-refractivity contribution in [2.45, 2.75) is 19.6 Å². The molecule has 0 unspecified atom stereocenters. The van der Waals surface area contributed by atoms with Crippen molar-refractivity contribution in [3.05, 3.63) is 11.8 Å². The summed E-state index contributed by atoms with van der Waals surface area (Å²) in [5, 5.41) is 8.99. The molecule has 1 amide bonds. The lowest BCUT2D eigenvalue weighted by Gasteiger charge is -2.33. The van der Waals surface area contributed by atoms with Crippen LogP contribution in [0.3, 0.4) is 0 Å². The number of methoxy groups -OCH3 is 1. The number of carbonyl (C=O) groups is 2. The molecule has 108 valence electrons. The van der Waals surface area contributed by atoms with E-state index in [1.54, 1.807) is 6.92 Å². The summed E-state index contributed by atoms with van der Waals surface area (Å²) in [5.74, 6) is -1.16. The average Bonchev–Trinajstić information content (AvgIpc) is 2.89. The third kappa shape index (κ3) is 2.41. The highest BCUT2D eigenvalue weighted by Crippen LogP contribution is 2.38. The van der Waals surface area contributed by atoms with Crippen LogP contribution in [-0.4, -0.2) is 43.5 Å². The number of nitriles is 1. The van der Waals surface area contributed by atoms with Crippen LogP contribution < -0.4 is 0 Å². The van der Waals surface area contributed by atoms with Gasteiger partial charge in [0.2, 0.25) is 0 Å². The van der Waals surface area contributed by atoms with E-state index in [4.69, 9.17) is 14.7 Å². The number of carbonyl (C=O) groups excluding carboxylic acids is 2. The fourth-order valence-corrected chi connectivity index (χ4v) is 2.61. The highest BCUT2D eigenvalue weighted by molar-refractivity contribution is 5.76. The van der Waals surface area contributed by atoms with Crippen LogP contribution in [0.5, 0.6) is 0 Å². The predicted molar refractivity (Wildman–Crippen MR) is 65.9 cm³/mol. The van der Waals surface area contributed by atoms with Gasteiger partial charge in [-0.3, -0.25) is 9.69 Å². The first-order valence-corrected chi connectivity index (χ1v) is 6.42. The van der Waals surface area contributed by atoms with E-state index in [2.05, 4.69) is 4.74 Å². The Balaban J connectivity index is 2.25. The van der Waals surface area contributed by atoms with Crippen molar-refractivity contribution < 1.29 is 23.8 Å². The average molecular weight is 280 g/mol. The van der Waals surface area contributed by atoms with Gasteiger partial charge in [-0.2, -0.15) is 5.26 Å². The van der Waals surface area contributed by atoms with Crippen molar-refractivity contribution in [3.63, 3.8) is 0 Å². The van der Waals surface area contributed by atoms with Gasteiger partial charge in [-0.1, -0.05) is 0 Å². The van der Waals surface area contributed by atoms with Gasteiger partial charge in [0.05, 0.1) is 19.6 Å². The zero-order valence-electron chi connectivity index (χ0n) is 11.4. The summed E-state index contributed by atoms with van der Waals surface area (Å²) in [5.41, 5.74) is 0. The van der Waals surface area contributed by atoms with E-state index in [0.29, 0.717) is 13.0 Å². The topological polar surface area (TPSA) is 88.9 Å². The minimum Gasteiger partial charge on any atom is -0.466 e. The van der Waals surface area contributed by atoms with E-state index < -0.39 is 24.2 Å². The van der Waals surface area contributed by atoms with E-state index >= 15 is 0 Å². The van der Waals surface area contributed by atoms with Gasteiger partial charge in [-0.15, -0.1) is 0 Å². The second-order valence-electron chi connectivity index (χ2n) is 4.54. The molecule has 1 fully saturated rings. The monoisotopic (exact) mass is 280 g/mol. The molecule has 7 nitrogen and oxygen atoms in total. The van der Waals surface area contributed by atoms with E-state index in [1.165, 1.54) is 18.1 Å². The van der Waals surface area contributed by atoms with Crippen LogP contribution in [0.1, 0.15) is 13.3 Å². The van der Waals surface area contributed by atoms with Crippen molar-refractivity contribution in [2.24, 2.45) is 11.8 Å². The molecule has 0 bridgehead atoms. The maximum absolute atomic E-state index is 12.0. The fraction of sp³-hybridized carbons (Fsp3) is 0.615. The number of fused-ring (bicyclic) bond motifs is 1. The minimum absolute atomic E-state index is 0.0279. The lowest BCUT2D eigenvalue weighted by atomic mass is 9.88. The molecule has 2 heterocycles. The molecule has 0 aromatic carbocycles. The zero-order chi connectivity index (χ0) is 14.7. The van der Waals surface area contributed by atoms with Gasteiger partial charge in [0.1, 0.15) is 6.07 Å². The van der Waals surface area contributed by atoms with Gasteiger partial charge in [0.25, 0.3) is 0 Å². The summed E-state index contributed by atoms with van der Waals surface area (Å²) in [6.07, 6.45) is 0.883. The van der Waals surface area contributed by atoms with Crippen molar-refractivity contribution in [3.8, 4) is 6.07 Å². The van der Waals surface area contributed by atoms with Crippen LogP contribution in [0.15, 0.2) is 11.8 Å². The molecule has 0 aliphatic carbocycles. The molecule has 0 aromatic rings. The maximum atomic E-state index is 12.0. The lowest BCUT2D eigenvalue weighted by molar-refractivity contribution is -0.151. The van der Waals surface area contributed by atoms with Gasteiger partial charge in [-0.05, 0) is 19.4 Å². The van der Waals surface area contributed by atoms with Crippen molar-refractivity contribution in [1.29, 1.82) is 5.26 Å². The summed E-state index contributed by atoms with van der Waals surface area (Å²) in [6.45, 7) is 2.41. The molecular formula is C13H16N2O5. The summed E-state index contributed by atoms with van der Waals surface area (Å²) in [7, 11) is 1.28. The molecule has 0 aromatic heterocycles. The number of rotatable bonds is 2. The first kappa shape index (κ1) is 14.2. The molecule has 0 radical (unpaired) electrons. The molecule has 3 atom stereocenters. The number of ether oxygens (including phenoxy) is 3. The molecule has 0 saturated carbocycles. The summed E-state index contributed by atoms with van der Waals surface area (Å²) >= 11 is 0. The predicted octanol–water partition coefficient (Wildman–Crippen LogP) is 1.02. The molecule has 2 rings (SSSR count). The third-order valence-electron chi connectivity index (χ3n) is 3.49. The van der Waals surface area contributed by atoms with Gasteiger partial charge in [0, 0.05) is 12.5 Å². The largest absolute Gasteiger partial charge is 0.466 e. The van der Waals surface area contributed by atoms with Gasteiger partial charge in [0.15, 0.2) is 12.0 Å². The van der Waals surface area contributed by atoms with Gasteiger partial charge in [-0.25, -0.2) is 4.79 Å². The van der Waals surface area contributed by atoms with E-state index in [0.717, 1.165) is 0 Å². The highest BCUT2D eigenvalue weighted by atomic mass is 16.6. The van der Waals surface area contributed by atoms with Gasteiger partial charge >= 0.3 is 12.1 Å². The Morgan fingerprint density at radius 3 is 2.95 bits per heavy atom. The lowest BCUT2D eigenvalue weighted by Crippen LogP contribution is -2.44. The number of likely N-dealkylation sites (tertiary alicyclic amines) is 1. The molecule has 0 spiro atoms. The van der Waals surface area contributed by atoms with E-state index in [-0.39, 0.29) is 18.3 Å². The Labute approximate surface area is 116 Å². The van der Waals surface area contributed by atoms with Crippen LogP contribution in [0.2, 0.25) is 0 Å². The van der Waals surface area contributed by atoms with Crippen LogP contribution in [0.25, 0.3) is 0 Å². The first-order chi connectivity index (χ1) is 9.62.